The van der Waals surface area contributed by atoms with Crippen LogP contribution in [0.4, 0.5) is 11.4 Å². The number of rotatable bonds is 5. The van der Waals surface area contributed by atoms with Crippen molar-refractivity contribution in [2.24, 2.45) is 0 Å². The molecule has 2 aromatic carbocycles. The molecule has 3 aromatic rings. The van der Waals surface area contributed by atoms with Crippen LogP contribution < -0.4 is 10.2 Å². The molecule has 28 heavy (non-hydrogen) atoms. The van der Waals surface area contributed by atoms with E-state index >= 15 is 0 Å². The third-order valence-corrected chi connectivity index (χ3v) is 5.43. The highest BCUT2D eigenvalue weighted by atomic mass is 35.5. The highest BCUT2D eigenvalue weighted by Crippen LogP contribution is 2.26. The van der Waals surface area contributed by atoms with Gasteiger partial charge < -0.3 is 10.2 Å². The molecule has 0 atom stereocenters. The van der Waals surface area contributed by atoms with Crippen LogP contribution in [-0.2, 0) is 6.54 Å². The van der Waals surface area contributed by atoms with E-state index in [0.717, 1.165) is 30.0 Å². The van der Waals surface area contributed by atoms with Crippen LogP contribution in [0.5, 0.6) is 0 Å². The molecular formula is C22H23ClN4O. The molecule has 144 valence electrons. The standard InChI is InChI=1S/C22H23ClN4O/c1-16-20(21(23)27(25-16)15-17-8-3-2-4-9-17)22(28)24-18-10-7-11-19(14-18)26-12-5-6-13-26/h2-4,7-11,14H,5-6,12-13,15H2,1H3,(H,24,28). The number of anilines is 2. The molecule has 1 aromatic heterocycles. The van der Waals surface area contributed by atoms with Crippen LogP contribution in [-0.4, -0.2) is 28.8 Å². The molecule has 5 nitrogen and oxygen atoms in total. The highest BCUT2D eigenvalue weighted by Gasteiger charge is 2.21. The third kappa shape index (κ3) is 3.90. The van der Waals surface area contributed by atoms with Crippen molar-refractivity contribution in [2.75, 3.05) is 23.3 Å². The molecule has 2 heterocycles. The van der Waals surface area contributed by atoms with Gasteiger partial charge in [0.25, 0.3) is 5.91 Å². The summed E-state index contributed by atoms with van der Waals surface area (Å²) in [6.07, 6.45) is 2.43. The van der Waals surface area contributed by atoms with E-state index in [-0.39, 0.29) is 5.91 Å². The van der Waals surface area contributed by atoms with Crippen molar-refractivity contribution in [3.63, 3.8) is 0 Å². The van der Waals surface area contributed by atoms with Gasteiger partial charge in [-0.25, -0.2) is 4.68 Å². The lowest BCUT2D eigenvalue weighted by atomic mass is 10.2. The Hall–Kier alpha value is -2.79. The summed E-state index contributed by atoms with van der Waals surface area (Å²) in [5, 5.41) is 7.80. The maximum absolute atomic E-state index is 12.9. The van der Waals surface area contributed by atoms with Crippen molar-refractivity contribution in [1.82, 2.24) is 9.78 Å². The third-order valence-electron chi connectivity index (χ3n) is 5.04. The van der Waals surface area contributed by atoms with Crippen molar-refractivity contribution in [2.45, 2.75) is 26.3 Å². The van der Waals surface area contributed by atoms with Crippen molar-refractivity contribution in [1.29, 1.82) is 0 Å². The van der Waals surface area contributed by atoms with Crippen molar-refractivity contribution in [3.05, 3.63) is 76.6 Å². The topological polar surface area (TPSA) is 50.2 Å². The van der Waals surface area contributed by atoms with Gasteiger partial charge in [0.05, 0.1) is 17.8 Å². The predicted octanol–water partition coefficient (Wildman–Crippen LogP) is 4.75. The van der Waals surface area contributed by atoms with E-state index in [0.29, 0.717) is 23.0 Å². The van der Waals surface area contributed by atoms with E-state index in [1.54, 1.807) is 4.68 Å². The molecular weight excluding hydrogens is 372 g/mol. The van der Waals surface area contributed by atoms with Crippen molar-refractivity contribution >= 4 is 28.9 Å². The SMILES string of the molecule is Cc1nn(Cc2ccccc2)c(Cl)c1C(=O)Nc1cccc(N2CCCC2)c1. The van der Waals surface area contributed by atoms with Gasteiger partial charge in [0.1, 0.15) is 5.15 Å². The molecule has 1 saturated heterocycles. The first-order valence-electron chi connectivity index (χ1n) is 9.55. The van der Waals surface area contributed by atoms with Crippen molar-refractivity contribution < 1.29 is 4.79 Å². The molecule has 0 saturated carbocycles. The van der Waals surface area contributed by atoms with Gasteiger partial charge in [0.2, 0.25) is 0 Å². The fourth-order valence-electron chi connectivity index (χ4n) is 3.62. The average Bonchev–Trinajstić information content (AvgIpc) is 3.32. The molecule has 0 spiro atoms. The molecule has 1 fully saturated rings. The number of aromatic nitrogens is 2. The Kier molecular flexibility index (Phi) is 5.35. The van der Waals surface area contributed by atoms with Crippen LogP contribution in [0, 0.1) is 6.92 Å². The van der Waals surface area contributed by atoms with E-state index in [9.17, 15) is 4.79 Å². The van der Waals surface area contributed by atoms with Gasteiger partial charge in [0.15, 0.2) is 0 Å². The van der Waals surface area contributed by atoms with Gasteiger partial charge in [-0.3, -0.25) is 4.79 Å². The van der Waals surface area contributed by atoms with E-state index < -0.39 is 0 Å². The second-order valence-corrected chi connectivity index (χ2v) is 7.45. The number of nitrogens with zero attached hydrogens (tertiary/aromatic N) is 3. The molecule has 6 heteroatoms. The fourth-order valence-corrected chi connectivity index (χ4v) is 3.94. The summed E-state index contributed by atoms with van der Waals surface area (Å²) in [5.74, 6) is -0.236. The molecule has 0 radical (unpaired) electrons. The van der Waals surface area contributed by atoms with Crippen LogP contribution >= 0.6 is 11.6 Å². The Morgan fingerprint density at radius 1 is 1.11 bits per heavy atom. The summed E-state index contributed by atoms with van der Waals surface area (Å²) in [7, 11) is 0. The first kappa shape index (κ1) is 18.6. The molecule has 0 aliphatic carbocycles. The number of carbonyl (C=O) groups is 1. The van der Waals surface area contributed by atoms with E-state index in [4.69, 9.17) is 11.6 Å². The van der Waals surface area contributed by atoms with Gasteiger partial charge in [0, 0.05) is 24.5 Å². The highest BCUT2D eigenvalue weighted by molar-refractivity contribution is 6.33. The van der Waals surface area contributed by atoms with Crippen LogP contribution in [0.15, 0.2) is 54.6 Å². The Labute approximate surface area is 169 Å². The zero-order chi connectivity index (χ0) is 19.5. The van der Waals surface area contributed by atoms with Gasteiger partial charge in [-0.1, -0.05) is 48.0 Å². The van der Waals surface area contributed by atoms with Gasteiger partial charge in [-0.2, -0.15) is 5.10 Å². The summed E-state index contributed by atoms with van der Waals surface area (Å²) < 4.78 is 1.67. The zero-order valence-electron chi connectivity index (χ0n) is 15.9. The molecule has 1 aliphatic heterocycles. The second kappa shape index (κ2) is 8.07. The minimum absolute atomic E-state index is 0.236. The average molecular weight is 395 g/mol. The molecule has 1 N–H and O–H groups in total. The number of carbonyl (C=O) groups excluding carboxylic acids is 1. The van der Waals surface area contributed by atoms with Crippen LogP contribution in [0.2, 0.25) is 5.15 Å². The van der Waals surface area contributed by atoms with Crippen molar-refractivity contribution in [3.8, 4) is 0 Å². The Morgan fingerprint density at radius 3 is 2.61 bits per heavy atom. The largest absolute Gasteiger partial charge is 0.371 e. The first-order chi connectivity index (χ1) is 13.6. The summed E-state index contributed by atoms with van der Waals surface area (Å²) in [4.78, 5) is 15.2. The molecule has 4 rings (SSSR count). The minimum atomic E-state index is -0.236. The Morgan fingerprint density at radius 2 is 1.86 bits per heavy atom. The molecule has 0 unspecified atom stereocenters. The summed E-state index contributed by atoms with van der Waals surface area (Å²) in [5.41, 5.74) is 4.02. The lowest BCUT2D eigenvalue weighted by molar-refractivity contribution is 0.102. The number of aryl methyl sites for hydroxylation is 1. The molecule has 1 amide bonds. The number of hydrogen-bond acceptors (Lipinski definition) is 3. The lowest BCUT2D eigenvalue weighted by Gasteiger charge is -2.18. The quantitative estimate of drug-likeness (QED) is 0.679. The monoisotopic (exact) mass is 394 g/mol. The summed E-state index contributed by atoms with van der Waals surface area (Å²) >= 11 is 6.51. The van der Waals surface area contributed by atoms with Gasteiger partial charge in [-0.05, 0) is 43.5 Å². The second-order valence-electron chi connectivity index (χ2n) is 7.09. The zero-order valence-corrected chi connectivity index (χ0v) is 16.6. The van der Waals surface area contributed by atoms with Crippen LogP contribution in [0.25, 0.3) is 0 Å². The Bertz CT molecular complexity index is 977. The predicted molar refractivity (Wildman–Crippen MR) is 113 cm³/mol. The van der Waals surface area contributed by atoms with Gasteiger partial charge >= 0.3 is 0 Å². The smallest absolute Gasteiger partial charge is 0.260 e. The number of nitrogens with one attached hydrogen (secondary N) is 1. The number of hydrogen-bond donors (Lipinski definition) is 1. The maximum Gasteiger partial charge on any atom is 0.260 e. The van der Waals surface area contributed by atoms with Crippen LogP contribution in [0.1, 0.15) is 34.5 Å². The summed E-state index contributed by atoms with van der Waals surface area (Å²) in [6, 6.07) is 17.9. The molecule has 0 bridgehead atoms. The number of amides is 1. The lowest BCUT2D eigenvalue weighted by Crippen LogP contribution is -2.18. The normalized spacial score (nSPS) is 13.7. The van der Waals surface area contributed by atoms with Crippen LogP contribution in [0.3, 0.4) is 0 Å². The number of halogens is 1. The maximum atomic E-state index is 12.9. The summed E-state index contributed by atoms with van der Waals surface area (Å²) in [6.45, 7) is 4.46. The molecule has 1 aliphatic rings. The Balaban J connectivity index is 1.53. The van der Waals surface area contributed by atoms with E-state index in [1.165, 1.54) is 12.8 Å². The minimum Gasteiger partial charge on any atom is -0.371 e. The first-order valence-corrected chi connectivity index (χ1v) is 9.93. The van der Waals surface area contributed by atoms with Gasteiger partial charge in [-0.15, -0.1) is 0 Å². The van der Waals surface area contributed by atoms with E-state index in [1.807, 2.05) is 55.5 Å². The van der Waals surface area contributed by atoms with E-state index in [2.05, 4.69) is 21.4 Å². The number of benzene rings is 2. The fraction of sp³-hybridized carbons (Fsp3) is 0.273.